The number of nitrogens with zero attached hydrogens (tertiary/aromatic N) is 1. The van der Waals surface area contributed by atoms with Crippen LogP contribution in [-0.4, -0.2) is 32.9 Å². The zero-order valence-corrected chi connectivity index (χ0v) is 13.9. The van der Waals surface area contributed by atoms with Gasteiger partial charge in [-0.15, -0.1) is 0 Å². The second-order valence-corrected chi connectivity index (χ2v) is 5.03. The lowest BCUT2D eigenvalue weighted by atomic mass is 10.2. The summed E-state index contributed by atoms with van der Waals surface area (Å²) in [5.41, 5.74) is 2.53. The van der Waals surface area contributed by atoms with Crippen molar-refractivity contribution in [3.8, 4) is 11.5 Å². The van der Waals surface area contributed by atoms with E-state index in [1.807, 2.05) is 31.2 Å². The Morgan fingerprint density at radius 1 is 1.12 bits per heavy atom. The fourth-order valence-electron chi connectivity index (χ4n) is 1.96. The summed E-state index contributed by atoms with van der Waals surface area (Å²) >= 11 is 0. The minimum absolute atomic E-state index is 0.184. The quantitative estimate of drug-likeness (QED) is 0.626. The number of nitrogens with one attached hydrogen (secondary N) is 1. The summed E-state index contributed by atoms with van der Waals surface area (Å²) in [6, 6.07) is 12.8. The summed E-state index contributed by atoms with van der Waals surface area (Å²) in [6.07, 6.45) is 1.47. The predicted octanol–water partition coefficient (Wildman–Crippen LogP) is 3.00. The van der Waals surface area contributed by atoms with Crippen molar-refractivity contribution < 1.29 is 19.1 Å². The van der Waals surface area contributed by atoms with Gasteiger partial charge in [0.25, 0.3) is 5.91 Å². The average Bonchev–Trinajstić information content (AvgIpc) is 2.60. The Bertz CT molecular complexity index is 711. The Labute approximate surface area is 141 Å². The predicted molar refractivity (Wildman–Crippen MR) is 92.9 cm³/mol. The Morgan fingerprint density at radius 3 is 2.54 bits per heavy atom. The summed E-state index contributed by atoms with van der Waals surface area (Å²) in [5, 5.41) is 6.53. The zero-order valence-electron chi connectivity index (χ0n) is 13.9. The highest BCUT2D eigenvalue weighted by Gasteiger charge is 2.04. The number of ether oxygens (including phenoxy) is 2. The molecule has 1 amide bonds. The Hall–Kier alpha value is -3.02. The molecule has 6 nitrogen and oxygen atoms in total. The third kappa shape index (κ3) is 5.01. The molecule has 0 aliphatic heterocycles. The number of rotatable bonds is 7. The number of methoxy groups -OCH3 is 2. The van der Waals surface area contributed by atoms with E-state index in [0.717, 1.165) is 5.56 Å². The van der Waals surface area contributed by atoms with Crippen LogP contribution in [0, 0.1) is 6.92 Å². The molecular formula is C18H20N2O4. The van der Waals surface area contributed by atoms with Crippen LogP contribution < -0.4 is 14.8 Å². The van der Waals surface area contributed by atoms with Crippen molar-refractivity contribution in [3.63, 3.8) is 0 Å². The van der Waals surface area contributed by atoms with Crippen LogP contribution in [0.4, 0.5) is 5.69 Å². The second-order valence-electron chi connectivity index (χ2n) is 5.03. The van der Waals surface area contributed by atoms with Crippen LogP contribution in [0.25, 0.3) is 0 Å². The van der Waals surface area contributed by atoms with Gasteiger partial charge in [0.05, 0.1) is 20.4 Å². The van der Waals surface area contributed by atoms with E-state index in [1.54, 1.807) is 32.4 Å². The maximum absolute atomic E-state index is 11.8. The van der Waals surface area contributed by atoms with Gasteiger partial charge >= 0.3 is 0 Å². The number of carbonyl (C=O) groups excluding carboxylic acids is 1. The van der Waals surface area contributed by atoms with Gasteiger partial charge in [-0.3, -0.25) is 4.79 Å². The molecule has 2 aromatic rings. The van der Waals surface area contributed by atoms with Gasteiger partial charge in [0.2, 0.25) is 0 Å². The lowest BCUT2D eigenvalue weighted by Crippen LogP contribution is -2.16. The number of benzene rings is 2. The topological polar surface area (TPSA) is 69.1 Å². The van der Waals surface area contributed by atoms with Gasteiger partial charge in [0.15, 0.2) is 6.61 Å². The lowest BCUT2D eigenvalue weighted by molar-refractivity contribution is -0.120. The van der Waals surface area contributed by atoms with Gasteiger partial charge in [-0.1, -0.05) is 22.9 Å². The summed E-state index contributed by atoms with van der Waals surface area (Å²) in [6.45, 7) is 1.80. The highest BCUT2D eigenvalue weighted by Crippen LogP contribution is 2.22. The molecule has 0 saturated carbocycles. The van der Waals surface area contributed by atoms with Crippen LogP contribution in [0.2, 0.25) is 0 Å². The largest absolute Gasteiger partial charge is 0.497 e. The number of hydrogen-bond acceptors (Lipinski definition) is 5. The highest BCUT2D eigenvalue weighted by atomic mass is 16.6. The van der Waals surface area contributed by atoms with Gasteiger partial charge in [0.1, 0.15) is 11.5 Å². The molecule has 2 aromatic carbocycles. The Morgan fingerprint density at radius 2 is 1.88 bits per heavy atom. The molecule has 2 rings (SSSR count). The third-order valence-corrected chi connectivity index (χ3v) is 3.23. The van der Waals surface area contributed by atoms with E-state index < -0.39 is 0 Å². The number of hydrogen-bond donors (Lipinski definition) is 1. The molecule has 0 aromatic heterocycles. The molecule has 0 aliphatic carbocycles. The number of oxime groups is 1. The van der Waals surface area contributed by atoms with Gasteiger partial charge in [-0.25, -0.2) is 0 Å². The van der Waals surface area contributed by atoms with Gasteiger partial charge in [-0.2, -0.15) is 0 Å². The molecule has 1 N–H and O–H groups in total. The van der Waals surface area contributed by atoms with Crippen molar-refractivity contribution in [1.82, 2.24) is 0 Å². The first-order valence-corrected chi connectivity index (χ1v) is 7.36. The van der Waals surface area contributed by atoms with Crippen molar-refractivity contribution in [2.24, 2.45) is 5.16 Å². The lowest BCUT2D eigenvalue weighted by Gasteiger charge is -2.07. The van der Waals surface area contributed by atoms with Crippen LogP contribution in [0.3, 0.4) is 0 Å². The standard InChI is InChI=1S/C18H20N2O4/c1-13-4-6-15(7-5-13)20-18(21)12-24-19-11-14-10-16(22-2)8-9-17(14)23-3/h4-11H,12H2,1-3H3,(H,20,21)/b19-11-. The third-order valence-electron chi connectivity index (χ3n) is 3.23. The first kappa shape index (κ1) is 17.3. The van der Waals surface area contributed by atoms with E-state index in [1.165, 1.54) is 6.21 Å². The van der Waals surface area contributed by atoms with Gasteiger partial charge in [-0.05, 0) is 37.3 Å². The maximum atomic E-state index is 11.8. The van der Waals surface area contributed by atoms with E-state index in [-0.39, 0.29) is 12.5 Å². The summed E-state index contributed by atoms with van der Waals surface area (Å²) in [7, 11) is 3.14. The molecule has 0 saturated heterocycles. The molecule has 0 atom stereocenters. The summed E-state index contributed by atoms with van der Waals surface area (Å²) in [4.78, 5) is 16.8. The fraction of sp³-hybridized carbons (Fsp3) is 0.222. The van der Waals surface area contributed by atoms with Crippen molar-refractivity contribution in [2.45, 2.75) is 6.92 Å². The molecule has 0 aliphatic rings. The minimum atomic E-state index is -0.284. The van der Waals surface area contributed by atoms with Crippen LogP contribution in [0.5, 0.6) is 11.5 Å². The molecule has 24 heavy (non-hydrogen) atoms. The number of anilines is 1. The Kier molecular flexibility index (Phi) is 6.19. The molecule has 126 valence electrons. The average molecular weight is 328 g/mol. The van der Waals surface area contributed by atoms with Crippen molar-refractivity contribution in [3.05, 3.63) is 53.6 Å². The minimum Gasteiger partial charge on any atom is -0.497 e. The number of carbonyl (C=O) groups is 1. The monoisotopic (exact) mass is 328 g/mol. The van der Waals surface area contributed by atoms with E-state index >= 15 is 0 Å². The molecule has 0 fully saturated rings. The molecule has 0 heterocycles. The smallest absolute Gasteiger partial charge is 0.265 e. The van der Waals surface area contributed by atoms with Crippen LogP contribution >= 0.6 is 0 Å². The molecule has 6 heteroatoms. The van der Waals surface area contributed by atoms with E-state index in [9.17, 15) is 4.79 Å². The van der Waals surface area contributed by atoms with Gasteiger partial charge in [0, 0.05) is 11.3 Å². The van der Waals surface area contributed by atoms with Crippen molar-refractivity contribution in [2.75, 3.05) is 26.1 Å². The van der Waals surface area contributed by atoms with E-state index in [0.29, 0.717) is 22.7 Å². The fourth-order valence-corrected chi connectivity index (χ4v) is 1.96. The van der Waals surface area contributed by atoms with E-state index in [2.05, 4.69) is 10.5 Å². The molecule has 0 radical (unpaired) electrons. The van der Waals surface area contributed by atoms with Crippen molar-refractivity contribution in [1.29, 1.82) is 0 Å². The summed E-state index contributed by atoms with van der Waals surface area (Å²) < 4.78 is 10.4. The van der Waals surface area contributed by atoms with Crippen LogP contribution in [-0.2, 0) is 9.63 Å². The van der Waals surface area contributed by atoms with Gasteiger partial charge < -0.3 is 19.6 Å². The first-order valence-electron chi connectivity index (χ1n) is 7.36. The second kappa shape index (κ2) is 8.57. The molecule has 0 spiro atoms. The first-order chi connectivity index (χ1) is 11.6. The maximum Gasteiger partial charge on any atom is 0.265 e. The SMILES string of the molecule is COc1ccc(OC)c(/C=N\OCC(=O)Nc2ccc(C)cc2)c1. The number of amides is 1. The highest BCUT2D eigenvalue weighted by molar-refractivity contribution is 5.91. The molecule has 0 bridgehead atoms. The van der Waals surface area contributed by atoms with Crippen molar-refractivity contribution >= 4 is 17.8 Å². The zero-order chi connectivity index (χ0) is 17.4. The van der Waals surface area contributed by atoms with Crippen LogP contribution in [0.15, 0.2) is 47.6 Å². The van der Waals surface area contributed by atoms with E-state index in [4.69, 9.17) is 14.3 Å². The normalized spacial score (nSPS) is 10.5. The summed E-state index contributed by atoms with van der Waals surface area (Å²) in [5.74, 6) is 1.02. The Balaban J connectivity index is 1.88. The molecular weight excluding hydrogens is 308 g/mol. The molecule has 0 unspecified atom stereocenters. The number of aryl methyl sites for hydroxylation is 1. The van der Waals surface area contributed by atoms with Crippen LogP contribution in [0.1, 0.15) is 11.1 Å².